The van der Waals surface area contributed by atoms with Gasteiger partial charge in [-0.1, -0.05) is 75.2 Å². The zero-order valence-corrected chi connectivity index (χ0v) is 19.3. The van der Waals surface area contributed by atoms with E-state index in [-0.39, 0.29) is 17.9 Å². The normalized spacial score (nSPS) is 11.4. The van der Waals surface area contributed by atoms with Gasteiger partial charge in [-0.15, -0.1) is 10.2 Å². The average molecular weight is 467 g/mol. The Labute approximate surface area is 196 Å². The Hall–Kier alpha value is -3.62. The van der Waals surface area contributed by atoms with Crippen LogP contribution in [0.25, 0.3) is 22.5 Å². The lowest BCUT2D eigenvalue weighted by atomic mass is 9.98. The van der Waals surface area contributed by atoms with Crippen molar-refractivity contribution in [1.29, 1.82) is 0 Å². The van der Waals surface area contributed by atoms with E-state index in [1.54, 1.807) is 0 Å². The number of rotatable bonds is 10. The Balaban J connectivity index is 1.68. The van der Waals surface area contributed by atoms with Gasteiger partial charge in [0, 0.05) is 17.8 Å². The Bertz CT molecular complexity index is 1280. The molecule has 0 amide bonds. The van der Waals surface area contributed by atoms with Crippen LogP contribution in [0.4, 0.5) is 8.78 Å². The Morgan fingerprint density at radius 1 is 0.971 bits per heavy atom. The van der Waals surface area contributed by atoms with Crippen LogP contribution in [0, 0.1) is 0 Å². The average Bonchev–Trinajstić information content (AvgIpc) is 3.47. The maximum atomic E-state index is 14.0. The SMILES string of the molecule is CCCCn1c(C(F)F)c(CCC)n(Cc2ccc(-c3ccccc3-c3nn[nH]n3)cc2)c1=O. The van der Waals surface area contributed by atoms with Gasteiger partial charge in [0.2, 0.25) is 5.82 Å². The van der Waals surface area contributed by atoms with Gasteiger partial charge in [0.25, 0.3) is 6.43 Å². The second kappa shape index (κ2) is 10.5. The van der Waals surface area contributed by atoms with Crippen molar-refractivity contribution in [3.63, 3.8) is 0 Å². The molecule has 2 aromatic carbocycles. The van der Waals surface area contributed by atoms with Crippen LogP contribution in [0.2, 0.25) is 0 Å². The summed E-state index contributed by atoms with van der Waals surface area (Å²) in [5.74, 6) is 0.503. The minimum atomic E-state index is -2.68. The molecule has 1 N–H and O–H groups in total. The predicted molar refractivity (Wildman–Crippen MR) is 127 cm³/mol. The molecule has 0 unspecified atom stereocenters. The van der Waals surface area contributed by atoms with E-state index < -0.39 is 6.43 Å². The van der Waals surface area contributed by atoms with Crippen molar-refractivity contribution in [2.24, 2.45) is 0 Å². The van der Waals surface area contributed by atoms with E-state index in [4.69, 9.17) is 0 Å². The van der Waals surface area contributed by atoms with Gasteiger partial charge in [0.1, 0.15) is 5.69 Å². The minimum absolute atomic E-state index is 0.133. The smallest absolute Gasteiger partial charge is 0.291 e. The highest BCUT2D eigenvalue weighted by molar-refractivity contribution is 5.80. The predicted octanol–water partition coefficient (Wildman–Crippen LogP) is 5.24. The number of tetrazole rings is 1. The van der Waals surface area contributed by atoms with E-state index in [2.05, 4.69) is 20.6 Å². The van der Waals surface area contributed by atoms with E-state index in [0.717, 1.165) is 28.7 Å². The molecule has 0 fully saturated rings. The van der Waals surface area contributed by atoms with E-state index in [1.807, 2.05) is 62.4 Å². The zero-order chi connectivity index (χ0) is 24.1. The lowest BCUT2D eigenvalue weighted by Crippen LogP contribution is -2.26. The number of halogens is 2. The molecular formula is C25H28F2N6O. The summed E-state index contributed by atoms with van der Waals surface area (Å²) in [6.45, 7) is 4.48. The fourth-order valence-corrected chi connectivity index (χ4v) is 4.28. The quantitative estimate of drug-likeness (QED) is 0.347. The first kappa shape index (κ1) is 23.5. The van der Waals surface area contributed by atoms with Crippen molar-refractivity contribution in [3.05, 3.63) is 76.0 Å². The third kappa shape index (κ3) is 4.69. The summed E-state index contributed by atoms with van der Waals surface area (Å²) < 4.78 is 30.7. The molecule has 178 valence electrons. The molecule has 0 aliphatic rings. The van der Waals surface area contributed by atoms with Gasteiger partial charge < -0.3 is 0 Å². The number of hydrogen-bond acceptors (Lipinski definition) is 4. The maximum absolute atomic E-state index is 14.0. The fraction of sp³-hybridized carbons (Fsp3) is 0.360. The number of aromatic nitrogens is 6. The van der Waals surface area contributed by atoms with E-state index in [9.17, 15) is 13.6 Å². The molecule has 0 bridgehead atoms. The number of imidazole rings is 1. The summed E-state index contributed by atoms with van der Waals surface area (Å²) >= 11 is 0. The molecule has 0 aliphatic heterocycles. The fourth-order valence-electron chi connectivity index (χ4n) is 4.28. The first-order valence-corrected chi connectivity index (χ1v) is 11.6. The van der Waals surface area contributed by atoms with Crippen LogP contribution in [0.1, 0.15) is 56.5 Å². The molecule has 0 radical (unpaired) electrons. The lowest BCUT2D eigenvalue weighted by Gasteiger charge is -2.11. The summed E-state index contributed by atoms with van der Waals surface area (Å²) in [4.78, 5) is 13.1. The number of hydrogen-bond donors (Lipinski definition) is 1. The monoisotopic (exact) mass is 466 g/mol. The number of nitrogens with zero attached hydrogens (tertiary/aromatic N) is 5. The molecule has 2 heterocycles. The molecule has 2 aromatic heterocycles. The number of nitrogens with one attached hydrogen (secondary N) is 1. The standard InChI is InChI=1S/C25H28F2N6O/c1-3-5-15-32-22(23(26)27)21(8-4-2)33(25(32)34)16-17-11-13-18(14-12-17)19-9-6-7-10-20(19)24-28-30-31-29-24/h6-7,9-14,23H,3-5,8,15-16H2,1-2H3,(H,28,29,30,31). The summed E-state index contributed by atoms with van der Waals surface area (Å²) in [6, 6.07) is 15.5. The molecule has 4 rings (SSSR count). The van der Waals surface area contributed by atoms with E-state index in [1.165, 1.54) is 9.13 Å². The number of unbranched alkanes of at least 4 members (excludes halogenated alkanes) is 1. The third-order valence-electron chi connectivity index (χ3n) is 5.92. The van der Waals surface area contributed by atoms with Crippen LogP contribution in [0.3, 0.4) is 0 Å². The summed E-state index contributed by atoms with van der Waals surface area (Å²) in [7, 11) is 0. The van der Waals surface area contributed by atoms with Crippen LogP contribution in [0.15, 0.2) is 53.3 Å². The van der Waals surface area contributed by atoms with Gasteiger partial charge in [-0.3, -0.25) is 9.13 Å². The van der Waals surface area contributed by atoms with Crippen LogP contribution < -0.4 is 5.69 Å². The van der Waals surface area contributed by atoms with Gasteiger partial charge >= 0.3 is 5.69 Å². The zero-order valence-electron chi connectivity index (χ0n) is 19.3. The molecule has 0 aliphatic carbocycles. The van der Waals surface area contributed by atoms with Gasteiger partial charge in [0.05, 0.1) is 6.54 Å². The Morgan fingerprint density at radius 3 is 2.32 bits per heavy atom. The molecule has 9 heteroatoms. The van der Waals surface area contributed by atoms with Gasteiger partial charge in [-0.05, 0) is 34.7 Å². The summed E-state index contributed by atoms with van der Waals surface area (Å²) in [5, 5.41) is 14.3. The first-order valence-electron chi connectivity index (χ1n) is 11.6. The first-order chi connectivity index (χ1) is 16.5. The molecule has 0 saturated carbocycles. The highest BCUT2D eigenvalue weighted by atomic mass is 19.3. The molecule has 7 nitrogen and oxygen atoms in total. The van der Waals surface area contributed by atoms with Crippen molar-refractivity contribution >= 4 is 0 Å². The van der Waals surface area contributed by atoms with Crippen LogP contribution >= 0.6 is 0 Å². The highest BCUT2D eigenvalue weighted by Crippen LogP contribution is 2.30. The minimum Gasteiger partial charge on any atom is -0.291 e. The van der Waals surface area contributed by atoms with Crippen molar-refractivity contribution in [2.45, 2.75) is 59.0 Å². The van der Waals surface area contributed by atoms with Gasteiger partial charge in [-0.25, -0.2) is 13.6 Å². The topological polar surface area (TPSA) is 81.4 Å². The second-order valence-corrected chi connectivity index (χ2v) is 8.23. The highest BCUT2D eigenvalue weighted by Gasteiger charge is 2.25. The van der Waals surface area contributed by atoms with Crippen molar-refractivity contribution < 1.29 is 8.78 Å². The second-order valence-electron chi connectivity index (χ2n) is 8.23. The van der Waals surface area contributed by atoms with Crippen molar-refractivity contribution in [2.75, 3.05) is 0 Å². The van der Waals surface area contributed by atoms with Crippen LogP contribution in [-0.4, -0.2) is 29.8 Å². The Kier molecular flexibility index (Phi) is 7.30. The molecular weight excluding hydrogens is 438 g/mol. The van der Waals surface area contributed by atoms with Crippen LogP contribution in [0.5, 0.6) is 0 Å². The molecule has 0 spiro atoms. The van der Waals surface area contributed by atoms with Gasteiger partial charge in [-0.2, -0.15) is 5.21 Å². The third-order valence-corrected chi connectivity index (χ3v) is 5.92. The summed E-state index contributed by atoms with van der Waals surface area (Å²) in [5.41, 5.74) is 3.56. The Morgan fingerprint density at radius 2 is 1.71 bits per heavy atom. The number of benzene rings is 2. The molecule has 0 atom stereocenters. The maximum Gasteiger partial charge on any atom is 0.329 e. The largest absolute Gasteiger partial charge is 0.329 e. The molecule has 34 heavy (non-hydrogen) atoms. The number of alkyl halides is 2. The lowest BCUT2D eigenvalue weighted by molar-refractivity contribution is 0.139. The van der Waals surface area contributed by atoms with Crippen LogP contribution in [-0.2, 0) is 19.5 Å². The molecule has 4 aromatic rings. The van der Waals surface area contributed by atoms with Crippen molar-refractivity contribution in [1.82, 2.24) is 29.8 Å². The van der Waals surface area contributed by atoms with Crippen molar-refractivity contribution in [3.8, 4) is 22.5 Å². The van der Waals surface area contributed by atoms with E-state index >= 15 is 0 Å². The summed E-state index contributed by atoms with van der Waals surface area (Å²) in [6.07, 6.45) is -0.0521. The van der Waals surface area contributed by atoms with Gasteiger partial charge in [0.15, 0.2) is 0 Å². The molecule has 0 saturated heterocycles. The number of H-pyrrole nitrogens is 1. The van der Waals surface area contributed by atoms with E-state index in [0.29, 0.717) is 37.3 Å². The number of aromatic amines is 1.